The highest BCUT2D eigenvalue weighted by molar-refractivity contribution is 7.91. The van der Waals surface area contributed by atoms with Crippen molar-refractivity contribution in [2.45, 2.75) is 38.1 Å². The Bertz CT molecular complexity index is 958. The first-order valence-corrected chi connectivity index (χ1v) is 13.5. The Kier molecular flexibility index (Phi) is 8.82. The SMILES string of the molecule is CCOCCOc1ccc(N2CCN(c3nc4c(c(N[C@@H](CO)C(C)C)n3)[S+]([O-])CC4)CC2)nn1. The molecule has 2 aromatic heterocycles. The predicted molar refractivity (Wildman–Crippen MR) is 135 cm³/mol. The van der Waals surface area contributed by atoms with Crippen LogP contribution < -0.4 is 19.9 Å². The average Bonchev–Trinajstić information content (AvgIpc) is 3.26. The number of aliphatic hydroxyl groups is 1. The van der Waals surface area contributed by atoms with Gasteiger partial charge in [-0.3, -0.25) is 0 Å². The molecule has 0 bridgehead atoms. The fourth-order valence-corrected chi connectivity index (χ4v) is 5.38. The summed E-state index contributed by atoms with van der Waals surface area (Å²) in [5.74, 6) is 3.27. The van der Waals surface area contributed by atoms with Crippen LogP contribution in [0.25, 0.3) is 0 Å². The van der Waals surface area contributed by atoms with Crippen molar-refractivity contribution in [1.82, 2.24) is 20.2 Å². The first-order chi connectivity index (χ1) is 17.0. The number of aryl methyl sites for hydroxylation is 1. The van der Waals surface area contributed by atoms with Gasteiger partial charge in [-0.1, -0.05) is 13.8 Å². The number of nitrogens with one attached hydrogen (secondary N) is 1. The Morgan fingerprint density at radius 2 is 1.89 bits per heavy atom. The second-order valence-corrected chi connectivity index (χ2v) is 10.4. The van der Waals surface area contributed by atoms with Gasteiger partial charge in [-0.15, -0.1) is 10.2 Å². The molecule has 1 unspecified atom stereocenters. The van der Waals surface area contributed by atoms with E-state index in [9.17, 15) is 9.66 Å². The van der Waals surface area contributed by atoms with Crippen LogP contribution in [0.1, 0.15) is 26.5 Å². The molecule has 0 aromatic carbocycles. The Hall–Kier alpha value is -2.41. The number of nitrogens with zero attached hydrogens (tertiary/aromatic N) is 6. The lowest BCUT2D eigenvalue weighted by Gasteiger charge is -2.35. The van der Waals surface area contributed by atoms with Crippen LogP contribution in [-0.4, -0.2) is 94.2 Å². The third kappa shape index (κ3) is 6.24. The molecule has 1 fully saturated rings. The molecule has 0 radical (unpaired) electrons. The lowest BCUT2D eigenvalue weighted by Crippen LogP contribution is -2.47. The Morgan fingerprint density at radius 3 is 2.54 bits per heavy atom. The van der Waals surface area contributed by atoms with Crippen LogP contribution in [0.2, 0.25) is 0 Å². The summed E-state index contributed by atoms with van der Waals surface area (Å²) in [4.78, 5) is 14.5. The minimum Gasteiger partial charge on any atom is -0.611 e. The summed E-state index contributed by atoms with van der Waals surface area (Å²) in [5.41, 5.74) is 0.838. The number of aliphatic hydroxyl groups excluding tert-OH is 1. The van der Waals surface area contributed by atoms with Crippen LogP contribution in [-0.2, 0) is 22.3 Å². The molecule has 2 aliphatic rings. The van der Waals surface area contributed by atoms with E-state index in [0.717, 1.165) is 37.7 Å². The lowest BCUT2D eigenvalue weighted by molar-refractivity contribution is 0.108. The minimum atomic E-state index is -1.12. The van der Waals surface area contributed by atoms with E-state index in [1.165, 1.54) is 0 Å². The number of hydrogen-bond acceptors (Lipinski definition) is 11. The Labute approximate surface area is 209 Å². The van der Waals surface area contributed by atoms with E-state index >= 15 is 0 Å². The highest BCUT2D eigenvalue weighted by atomic mass is 32.2. The molecule has 4 heterocycles. The van der Waals surface area contributed by atoms with Crippen LogP contribution in [0.5, 0.6) is 5.88 Å². The molecule has 35 heavy (non-hydrogen) atoms. The van der Waals surface area contributed by atoms with Crippen molar-refractivity contribution in [2.75, 3.05) is 73.5 Å². The molecular weight excluding hydrogens is 470 g/mol. The second kappa shape index (κ2) is 12.0. The van der Waals surface area contributed by atoms with Crippen LogP contribution in [0, 0.1) is 5.92 Å². The quantitative estimate of drug-likeness (QED) is 0.336. The molecule has 2 aromatic rings. The molecule has 0 spiro atoms. The summed E-state index contributed by atoms with van der Waals surface area (Å²) in [6, 6.07) is 3.58. The van der Waals surface area contributed by atoms with Crippen molar-refractivity contribution < 1.29 is 19.1 Å². The Morgan fingerprint density at radius 1 is 1.11 bits per heavy atom. The average molecular weight is 506 g/mol. The summed E-state index contributed by atoms with van der Waals surface area (Å²) in [5, 5.41) is 21.6. The van der Waals surface area contributed by atoms with Gasteiger partial charge in [0.05, 0.1) is 19.3 Å². The summed E-state index contributed by atoms with van der Waals surface area (Å²) >= 11 is -1.12. The molecule has 0 amide bonds. The van der Waals surface area contributed by atoms with Gasteiger partial charge in [-0.05, 0) is 30.1 Å². The number of ether oxygens (including phenoxy) is 2. The molecule has 0 aliphatic carbocycles. The number of fused-ring (bicyclic) bond motifs is 1. The van der Waals surface area contributed by atoms with Gasteiger partial charge in [0, 0.05) is 45.3 Å². The molecule has 1 saturated heterocycles. The van der Waals surface area contributed by atoms with Gasteiger partial charge in [-0.2, -0.15) is 4.98 Å². The molecule has 2 atom stereocenters. The molecule has 2 N–H and O–H groups in total. The zero-order chi connectivity index (χ0) is 24.8. The van der Waals surface area contributed by atoms with Crippen molar-refractivity contribution in [3.8, 4) is 5.88 Å². The topological polar surface area (TPSA) is 132 Å². The van der Waals surface area contributed by atoms with E-state index in [1.807, 2.05) is 32.9 Å². The first kappa shape index (κ1) is 25.7. The zero-order valence-corrected chi connectivity index (χ0v) is 21.5. The molecule has 11 nitrogen and oxygen atoms in total. The van der Waals surface area contributed by atoms with Gasteiger partial charge < -0.3 is 34.2 Å². The molecule has 192 valence electrons. The predicted octanol–water partition coefficient (Wildman–Crippen LogP) is 1.10. The van der Waals surface area contributed by atoms with E-state index in [-0.39, 0.29) is 18.6 Å². The van der Waals surface area contributed by atoms with Gasteiger partial charge in [-0.25, -0.2) is 4.98 Å². The smallest absolute Gasteiger partial charge is 0.233 e. The second-order valence-electron chi connectivity index (χ2n) is 8.87. The number of anilines is 3. The van der Waals surface area contributed by atoms with Crippen LogP contribution in [0.15, 0.2) is 17.0 Å². The van der Waals surface area contributed by atoms with Crippen LogP contribution in [0.4, 0.5) is 17.6 Å². The van der Waals surface area contributed by atoms with Gasteiger partial charge in [0.15, 0.2) is 11.6 Å². The van der Waals surface area contributed by atoms with Gasteiger partial charge in [0.1, 0.15) is 18.1 Å². The van der Waals surface area contributed by atoms with Gasteiger partial charge in [0.2, 0.25) is 16.7 Å². The summed E-state index contributed by atoms with van der Waals surface area (Å²) < 4.78 is 23.4. The van der Waals surface area contributed by atoms with E-state index < -0.39 is 11.2 Å². The van der Waals surface area contributed by atoms with E-state index in [1.54, 1.807) is 0 Å². The maximum Gasteiger partial charge on any atom is 0.233 e. The maximum absolute atomic E-state index is 12.6. The number of rotatable bonds is 11. The van der Waals surface area contributed by atoms with E-state index in [0.29, 0.717) is 54.5 Å². The largest absolute Gasteiger partial charge is 0.611 e. The number of aromatic nitrogens is 4. The molecule has 12 heteroatoms. The molecular formula is C23H35N7O4S. The summed E-state index contributed by atoms with van der Waals surface area (Å²) in [6.45, 7) is 10.6. The van der Waals surface area contributed by atoms with Gasteiger partial charge in [0.25, 0.3) is 0 Å². The lowest BCUT2D eigenvalue weighted by atomic mass is 10.1. The highest BCUT2D eigenvalue weighted by Gasteiger charge is 2.34. The highest BCUT2D eigenvalue weighted by Crippen LogP contribution is 2.33. The molecule has 0 saturated carbocycles. The van der Waals surface area contributed by atoms with Crippen molar-refractivity contribution in [3.05, 3.63) is 17.8 Å². The minimum absolute atomic E-state index is 0.0194. The van der Waals surface area contributed by atoms with E-state index in [2.05, 4.69) is 25.3 Å². The maximum atomic E-state index is 12.6. The van der Waals surface area contributed by atoms with Crippen molar-refractivity contribution in [3.63, 3.8) is 0 Å². The van der Waals surface area contributed by atoms with Crippen LogP contribution in [0.3, 0.4) is 0 Å². The number of hydrogen-bond donors (Lipinski definition) is 2. The Balaban J connectivity index is 1.40. The standard InChI is InChI=1S/C23H35N7O4S/c1-4-33-12-13-34-20-6-5-19(27-28-20)29-8-10-30(11-9-29)23-25-17-7-14-35(32)21(17)22(26-23)24-18(15-31)16(2)3/h5-6,16,18,31H,4,7-15H2,1-3H3,(H,24,25,26)/t18-,35?/m0/s1. The van der Waals surface area contributed by atoms with Gasteiger partial charge >= 0.3 is 0 Å². The van der Waals surface area contributed by atoms with Crippen molar-refractivity contribution in [1.29, 1.82) is 0 Å². The van der Waals surface area contributed by atoms with Crippen molar-refractivity contribution in [2.24, 2.45) is 5.92 Å². The van der Waals surface area contributed by atoms with Crippen LogP contribution >= 0.6 is 0 Å². The zero-order valence-electron chi connectivity index (χ0n) is 20.6. The fourth-order valence-electron chi connectivity index (χ4n) is 4.07. The fraction of sp³-hybridized carbons (Fsp3) is 0.652. The van der Waals surface area contributed by atoms with E-state index in [4.69, 9.17) is 19.4 Å². The summed E-state index contributed by atoms with van der Waals surface area (Å²) in [6.07, 6.45) is 0.673. The number of piperazine rings is 1. The normalized spacial score (nSPS) is 18.6. The monoisotopic (exact) mass is 505 g/mol. The first-order valence-electron chi connectivity index (χ1n) is 12.2. The molecule has 2 aliphatic heterocycles. The third-order valence-corrected chi connectivity index (χ3v) is 7.65. The molecule has 4 rings (SSSR count). The third-order valence-electron chi connectivity index (χ3n) is 6.19. The summed E-state index contributed by atoms with van der Waals surface area (Å²) in [7, 11) is 0. The van der Waals surface area contributed by atoms with Crippen molar-refractivity contribution >= 4 is 28.8 Å².